The molecule has 0 aliphatic carbocycles. The van der Waals surface area contributed by atoms with Gasteiger partial charge in [0.25, 0.3) is 5.69 Å². The highest BCUT2D eigenvalue weighted by molar-refractivity contribution is 7.91. The number of likely N-dealkylation sites (tertiary alicyclic amines) is 1. The number of nitrogens with two attached hydrogens (primary N) is 1. The van der Waals surface area contributed by atoms with Crippen LogP contribution in [-0.2, 0) is 31.1 Å². The molecule has 228 valence electrons. The van der Waals surface area contributed by atoms with Crippen molar-refractivity contribution in [1.29, 1.82) is 5.41 Å². The first-order valence-corrected chi connectivity index (χ1v) is 16.4. The van der Waals surface area contributed by atoms with Crippen LogP contribution in [0.2, 0.25) is 0 Å². The number of piperidine rings is 1. The smallest absolute Gasteiger partial charge is 0.269 e. The first kappa shape index (κ1) is 31.6. The minimum atomic E-state index is -4.41. The monoisotopic (exact) mass is 628 g/mol. The summed E-state index contributed by atoms with van der Waals surface area (Å²) in [5.74, 6) is -0.704. The predicted molar refractivity (Wildman–Crippen MR) is 158 cm³/mol. The number of non-ortho nitro benzene ring substituents is 1. The van der Waals surface area contributed by atoms with E-state index >= 15 is 0 Å². The normalized spacial score (nSPS) is 16.3. The summed E-state index contributed by atoms with van der Waals surface area (Å²) >= 11 is 0. The standard InChI is InChI=1S/C28H32N6O7S2/c29-28(30)33-15-5-6-21(19-33)18-31-27(35)26(16-20-11-13-22(14-12-20)34(36)37)32-43(40,41)25-10-4-9-24(17-25)42(38,39)23-7-2-1-3-8-23/h1-4,7-14,17,21,26,32H,5-6,15-16,18-19H2,(H3,29,30)(H,31,35)/t21-,26+/m0/s1. The van der Waals surface area contributed by atoms with E-state index in [2.05, 4.69) is 10.0 Å². The van der Waals surface area contributed by atoms with Crippen molar-refractivity contribution in [1.82, 2.24) is 14.9 Å². The summed E-state index contributed by atoms with van der Waals surface area (Å²) < 4.78 is 55.6. The van der Waals surface area contributed by atoms with Gasteiger partial charge in [0, 0.05) is 31.8 Å². The maximum atomic E-state index is 13.5. The fourth-order valence-electron chi connectivity index (χ4n) is 4.80. The van der Waals surface area contributed by atoms with Crippen LogP contribution < -0.4 is 15.8 Å². The average Bonchev–Trinajstić information content (AvgIpc) is 3.00. The highest BCUT2D eigenvalue weighted by Gasteiger charge is 2.29. The van der Waals surface area contributed by atoms with E-state index in [0.717, 1.165) is 18.9 Å². The lowest BCUT2D eigenvalue weighted by molar-refractivity contribution is -0.384. The molecule has 43 heavy (non-hydrogen) atoms. The molecule has 15 heteroatoms. The third kappa shape index (κ3) is 7.94. The van der Waals surface area contributed by atoms with Gasteiger partial charge >= 0.3 is 0 Å². The molecule has 4 rings (SSSR count). The van der Waals surface area contributed by atoms with Crippen LogP contribution in [0.15, 0.2) is 93.5 Å². The van der Waals surface area contributed by atoms with Gasteiger partial charge in [-0.05, 0) is 61.1 Å². The van der Waals surface area contributed by atoms with Crippen molar-refractivity contribution in [2.24, 2.45) is 11.7 Å². The van der Waals surface area contributed by atoms with Gasteiger partial charge in [-0.1, -0.05) is 36.4 Å². The zero-order valence-corrected chi connectivity index (χ0v) is 24.7. The molecular weight excluding hydrogens is 596 g/mol. The van der Waals surface area contributed by atoms with Crippen molar-refractivity contribution >= 4 is 37.4 Å². The number of rotatable bonds is 11. The van der Waals surface area contributed by atoms with Crippen molar-refractivity contribution in [3.05, 3.63) is 94.5 Å². The van der Waals surface area contributed by atoms with Gasteiger partial charge in [-0.3, -0.25) is 20.3 Å². The highest BCUT2D eigenvalue weighted by atomic mass is 32.2. The minimum absolute atomic E-state index is 0.000941. The Hall–Kier alpha value is -4.34. The summed E-state index contributed by atoms with van der Waals surface area (Å²) in [5.41, 5.74) is 5.92. The SMILES string of the molecule is N=C(N)N1CCC[C@@H](CNC(=O)[C@@H](Cc2ccc([N+](=O)[O-])cc2)NS(=O)(=O)c2cccc(S(=O)(=O)c3ccccc3)c2)C1. The van der Waals surface area contributed by atoms with Gasteiger partial charge < -0.3 is 16.0 Å². The molecule has 0 unspecified atom stereocenters. The summed E-state index contributed by atoms with van der Waals surface area (Å²) in [4.78, 5) is 25.0. The van der Waals surface area contributed by atoms with Crippen molar-refractivity contribution in [3.8, 4) is 0 Å². The molecule has 3 aromatic rings. The summed E-state index contributed by atoms with van der Waals surface area (Å²) in [6.07, 6.45) is 1.43. The van der Waals surface area contributed by atoms with Crippen LogP contribution in [0, 0.1) is 21.4 Å². The molecule has 5 N–H and O–H groups in total. The third-order valence-electron chi connectivity index (χ3n) is 7.11. The highest BCUT2D eigenvalue weighted by Crippen LogP contribution is 2.24. The van der Waals surface area contributed by atoms with Gasteiger partial charge in [0.15, 0.2) is 5.96 Å². The maximum Gasteiger partial charge on any atom is 0.269 e. The van der Waals surface area contributed by atoms with Crippen LogP contribution in [0.5, 0.6) is 0 Å². The maximum absolute atomic E-state index is 13.5. The van der Waals surface area contributed by atoms with Crippen LogP contribution in [0.4, 0.5) is 5.69 Å². The first-order chi connectivity index (χ1) is 20.4. The molecular formula is C28H32N6O7S2. The number of amides is 1. The molecule has 1 amide bonds. The number of sulfonamides is 1. The van der Waals surface area contributed by atoms with Gasteiger partial charge in [-0.15, -0.1) is 0 Å². The lowest BCUT2D eigenvalue weighted by Crippen LogP contribution is -2.51. The van der Waals surface area contributed by atoms with Crippen LogP contribution in [0.1, 0.15) is 18.4 Å². The molecule has 1 aliphatic rings. The third-order valence-corrected chi connectivity index (χ3v) is 10.3. The zero-order chi connectivity index (χ0) is 31.2. The summed E-state index contributed by atoms with van der Waals surface area (Å²) in [5, 5.41) is 21.5. The molecule has 1 saturated heterocycles. The van der Waals surface area contributed by atoms with E-state index in [1.165, 1.54) is 54.6 Å². The number of carbonyl (C=O) groups is 1. The Morgan fingerprint density at radius 2 is 1.65 bits per heavy atom. The first-order valence-electron chi connectivity index (χ1n) is 13.4. The number of carbonyl (C=O) groups excluding carboxylic acids is 1. The van der Waals surface area contributed by atoms with Gasteiger partial charge in [0.2, 0.25) is 25.8 Å². The number of hydrogen-bond donors (Lipinski definition) is 4. The summed E-state index contributed by atoms with van der Waals surface area (Å²) in [6.45, 7) is 1.32. The Bertz CT molecular complexity index is 1700. The number of guanidine groups is 1. The number of nitro groups is 1. The molecule has 0 spiro atoms. The molecule has 0 aromatic heterocycles. The van der Waals surface area contributed by atoms with Crippen LogP contribution in [0.3, 0.4) is 0 Å². The quantitative estimate of drug-likeness (QED) is 0.106. The Morgan fingerprint density at radius 3 is 2.30 bits per heavy atom. The molecule has 0 radical (unpaired) electrons. The largest absolute Gasteiger partial charge is 0.370 e. The molecule has 0 saturated carbocycles. The molecule has 13 nitrogen and oxygen atoms in total. The molecule has 1 fully saturated rings. The van der Waals surface area contributed by atoms with E-state index in [-0.39, 0.29) is 45.2 Å². The van der Waals surface area contributed by atoms with E-state index in [1.54, 1.807) is 23.1 Å². The molecule has 0 bridgehead atoms. The van der Waals surface area contributed by atoms with Gasteiger partial charge in [0.1, 0.15) is 6.04 Å². The van der Waals surface area contributed by atoms with Crippen molar-refractivity contribution in [3.63, 3.8) is 0 Å². The Labute approximate surface area is 249 Å². The molecule has 1 heterocycles. The predicted octanol–water partition coefficient (Wildman–Crippen LogP) is 2.04. The topological polar surface area (TPSA) is 206 Å². The Balaban J connectivity index is 1.57. The van der Waals surface area contributed by atoms with Crippen molar-refractivity contribution in [2.45, 2.75) is 40.0 Å². The van der Waals surface area contributed by atoms with Crippen LogP contribution in [-0.4, -0.2) is 64.2 Å². The van der Waals surface area contributed by atoms with Gasteiger partial charge in [-0.25, -0.2) is 16.8 Å². The summed E-state index contributed by atoms with van der Waals surface area (Å²) in [6, 6.07) is 16.5. The second-order valence-corrected chi connectivity index (χ2v) is 13.8. The van der Waals surface area contributed by atoms with E-state index < -0.39 is 36.7 Å². The van der Waals surface area contributed by atoms with E-state index in [0.29, 0.717) is 18.7 Å². The van der Waals surface area contributed by atoms with Gasteiger partial charge in [-0.2, -0.15) is 4.72 Å². The summed E-state index contributed by atoms with van der Waals surface area (Å²) in [7, 11) is -8.42. The van der Waals surface area contributed by atoms with E-state index in [1.807, 2.05) is 0 Å². The number of sulfone groups is 1. The van der Waals surface area contributed by atoms with Crippen molar-refractivity contribution < 1.29 is 26.6 Å². The fraction of sp³-hybridized carbons (Fsp3) is 0.286. The van der Waals surface area contributed by atoms with E-state index in [9.17, 15) is 31.7 Å². The van der Waals surface area contributed by atoms with Gasteiger partial charge in [0.05, 0.1) is 19.6 Å². The zero-order valence-electron chi connectivity index (χ0n) is 23.0. The number of hydrogen-bond acceptors (Lipinski definition) is 8. The number of nitrogens with zero attached hydrogens (tertiary/aromatic N) is 2. The second kappa shape index (κ2) is 13.3. The minimum Gasteiger partial charge on any atom is -0.370 e. The number of nitrogens with one attached hydrogen (secondary N) is 3. The molecule has 3 aromatic carbocycles. The lowest BCUT2D eigenvalue weighted by atomic mass is 9.98. The second-order valence-electron chi connectivity index (χ2n) is 10.2. The molecule has 1 aliphatic heterocycles. The average molecular weight is 629 g/mol. The Morgan fingerprint density at radius 1 is 1.00 bits per heavy atom. The molecule has 2 atom stereocenters. The number of benzene rings is 3. The van der Waals surface area contributed by atoms with Crippen LogP contribution in [0.25, 0.3) is 0 Å². The van der Waals surface area contributed by atoms with Crippen LogP contribution >= 0.6 is 0 Å². The number of nitro benzene ring substituents is 1. The van der Waals surface area contributed by atoms with E-state index in [4.69, 9.17) is 11.1 Å². The lowest BCUT2D eigenvalue weighted by Gasteiger charge is -2.33. The Kier molecular flexibility index (Phi) is 9.78. The van der Waals surface area contributed by atoms with Crippen molar-refractivity contribution in [2.75, 3.05) is 19.6 Å². The fourth-order valence-corrected chi connectivity index (χ4v) is 7.44.